The van der Waals surface area contributed by atoms with Gasteiger partial charge in [0.2, 0.25) is 0 Å². The second-order valence-electron chi connectivity index (χ2n) is 14.8. The highest BCUT2D eigenvalue weighted by atomic mass is 35.5. The summed E-state index contributed by atoms with van der Waals surface area (Å²) in [5.74, 6) is 0. The number of nitrogens with one attached hydrogen (secondary N) is 4. The van der Waals surface area contributed by atoms with E-state index < -0.39 is 0 Å². The topological polar surface area (TPSA) is 85.0 Å². The minimum atomic E-state index is 0. The third-order valence-electron chi connectivity index (χ3n) is 9.73. The van der Waals surface area contributed by atoms with Crippen LogP contribution >= 0.6 is 49.6 Å². The first-order valence-corrected chi connectivity index (χ1v) is 22.4. The Labute approximate surface area is 367 Å². The first-order chi connectivity index (χ1) is 25.3. The van der Waals surface area contributed by atoms with E-state index in [-0.39, 0.29) is 61.8 Å². The Hall–Kier alpha value is 0.840. The molecule has 0 rings (SSSR count). The van der Waals surface area contributed by atoms with E-state index in [1.165, 1.54) is 148 Å². The molecule has 0 aromatic rings. The van der Waals surface area contributed by atoms with Crippen LogP contribution < -0.4 is 21.3 Å². The molecule has 2 unspecified atom stereocenters. The van der Waals surface area contributed by atoms with Gasteiger partial charge in [-0.2, -0.15) is 0 Å². The summed E-state index contributed by atoms with van der Waals surface area (Å²) in [5, 5.41) is 14.1. The van der Waals surface area contributed by atoms with Crippen molar-refractivity contribution >= 4 is 49.6 Å². The average molecular weight is 875 g/mol. The molecule has 2 atom stereocenters. The van der Waals surface area contributed by atoms with Gasteiger partial charge >= 0.3 is 0 Å². The first kappa shape index (κ1) is 65.0. The highest BCUT2D eigenvalue weighted by molar-refractivity contribution is 5.86. The minimum absolute atomic E-state index is 0. The van der Waals surface area contributed by atoms with Crippen molar-refractivity contribution in [3.63, 3.8) is 0 Å². The molecule has 0 saturated heterocycles. The predicted octanol–water partition coefficient (Wildman–Crippen LogP) is 10.9. The van der Waals surface area contributed by atoms with Gasteiger partial charge < -0.3 is 40.2 Å². The van der Waals surface area contributed by atoms with E-state index in [1.54, 1.807) is 7.11 Å². The molecule has 0 aromatic heterocycles. The minimum Gasteiger partial charge on any atom is -0.382 e. The maximum Gasteiger partial charge on any atom is 0.0932 e. The standard InChI is InChI=1S/C43H92N4O4.4ClH/c1-5-8-10-12-14-16-18-20-22-24-26-28-36-49-41-43(50-7-3)39-47-35-33-45-31-30-44-32-34-46-38-42(40-48-4)51-37-29-27-25-23-21-19-17-15-13-11-9-6-2;;;;/h42-47H,5-41H2,1-4H3;4*1H. The van der Waals surface area contributed by atoms with Gasteiger partial charge in [-0.15, -0.1) is 49.6 Å². The molecule has 0 amide bonds. The summed E-state index contributed by atoms with van der Waals surface area (Å²) < 4.78 is 23.4. The van der Waals surface area contributed by atoms with Crippen LogP contribution in [0.25, 0.3) is 0 Å². The fraction of sp³-hybridized carbons (Fsp3) is 1.00. The zero-order valence-electron chi connectivity index (χ0n) is 36.6. The molecule has 0 aromatic carbocycles. The molecule has 0 aliphatic rings. The fourth-order valence-electron chi connectivity index (χ4n) is 6.51. The number of hydrogen-bond acceptors (Lipinski definition) is 8. The van der Waals surface area contributed by atoms with Gasteiger partial charge in [-0.1, -0.05) is 155 Å². The zero-order valence-corrected chi connectivity index (χ0v) is 39.8. The van der Waals surface area contributed by atoms with Crippen LogP contribution in [0.4, 0.5) is 0 Å². The van der Waals surface area contributed by atoms with Gasteiger partial charge in [0, 0.05) is 79.3 Å². The Morgan fingerprint density at radius 1 is 0.364 bits per heavy atom. The van der Waals surface area contributed by atoms with Crippen LogP contribution in [-0.2, 0) is 18.9 Å². The van der Waals surface area contributed by atoms with Gasteiger partial charge in [0.1, 0.15) is 0 Å². The lowest BCUT2D eigenvalue weighted by atomic mass is 10.1. The second kappa shape index (κ2) is 59.2. The van der Waals surface area contributed by atoms with Crippen LogP contribution in [0.2, 0.25) is 0 Å². The maximum atomic E-state index is 6.11. The molecular weight excluding hydrogens is 778 g/mol. The smallest absolute Gasteiger partial charge is 0.0932 e. The zero-order chi connectivity index (χ0) is 37.0. The Balaban J connectivity index is -0.00000208. The van der Waals surface area contributed by atoms with E-state index in [2.05, 4.69) is 42.0 Å². The van der Waals surface area contributed by atoms with Crippen molar-refractivity contribution in [3.05, 3.63) is 0 Å². The predicted molar refractivity (Wildman–Crippen MR) is 250 cm³/mol. The molecule has 0 saturated carbocycles. The average Bonchev–Trinajstić information content (AvgIpc) is 3.13. The van der Waals surface area contributed by atoms with Crippen molar-refractivity contribution in [2.45, 2.75) is 187 Å². The van der Waals surface area contributed by atoms with Crippen LogP contribution in [0, 0.1) is 0 Å². The fourth-order valence-corrected chi connectivity index (χ4v) is 6.51. The first-order valence-electron chi connectivity index (χ1n) is 22.4. The lowest BCUT2D eigenvalue weighted by Crippen LogP contribution is -2.39. The summed E-state index contributed by atoms with van der Waals surface area (Å²) in [5.41, 5.74) is 0. The Bertz CT molecular complexity index is 639. The number of unbranched alkanes of at least 4 members (excludes halogenated alkanes) is 22. The van der Waals surface area contributed by atoms with Crippen LogP contribution in [0.15, 0.2) is 0 Å². The number of methoxy groups -OCH3 is 1. The lowest BCUT2D eigenvalue weighted by Gasteiger charge is -2.18. The summed E-state index contributed by atoms with van der Waals surface area (Å²) >= 11 is 0. The molecule has 0 fully saturated rings. The molecule has 0 heterocycles. The molecular formula is C43H96Cl4N4O4. The summed E-state index contributed by atoms with van der Waals surface area (Å²) in [7, 11) is 1.76. The summed E-state index contributed by atoms with van der Waals surface area (Å²) in [6.45, 7) is 17.8. The van der Waals surface area contributed by atoms with E-state index in [1.807, 2.05) is 0 Å². The van der Waals surface area contributed by atoms with E-state index in [0.717, 1.165) is 78.6 Å². The molecule has 12 heteroatoms. The second-order valence-corrected chi connectivity index (χ2v) is 14.8. The van der Waals surface area contributed by atoms with Gasteiger partial charge in [-0.05, 0) is 19.8 Å². The van der Waals surface area contributed by atoms with Crippen LogP contribution in [0.3, 0.4) is 0 Å². The van der Waals surface area contributed by atoms with Gasteiger partial charge in [-0.3, -0.25) is 0 Å². The molecule has 0 aliphatic carbocycles. The number of rotatable bonds is 46. The van der Waals surface area contributed by atoms with Crippen LogP contribution in [0.1, 0.15) is 175 Å². The summed E-state index contributed by atoms with van der Waals surface area (Å²) in [4.78, 5) is 0. The van der Waals surface area contributed by atoms with E-state index in [4.69, 9.17) is 18.9 Å². The van der Waals surface area contributed by atoms with Crippen molar-refractivity contribution in [2.75, 3.05) is 92.5 Å². The Morgan fingerprint density at radius 3 is 1.05 bits per heavy atom. The van der Waals surface area contributed by atoms with Gasteiger partial charge in [0.25, 0.3) is 0 Å². The molecule has 4 N–H and O–H groups in total. The maximum absolute atomic E-state index is 6.11. The molecule has 0 bridgehead atoms. The molecule has 0 spiro atoms. The Kier molecular flexibility index (Phi) is 69.9. The molecule has 55 heavy (non-hydrogen) atoms. The third-order valence-corrected chi connectivity index (χ3v) is 9.73. The molecule has 0 radical (unpaired) electrons. The van der Waals surface area contributed by atoms with Crippen LogP contribution in [-0.4, -0.2) is 105 Å². The molecule has 340 valence electrons. The van der Waals surface area contributed by atoms with Crippen molar-refractivity contribution in [2.24, 2.45) is 0 Å². The molecule has 8 nitrogen and oxygen atoms in total. The van der Waals surface area contributed by atoms with Crippen molar-refractivity contribution in [1.82, 2.24) is 21.3 Å². The number of hydrogen-bond donors (Lipinski definition) is 4. The lowest BCUT2D eigenvalue weighted by molar-refractivity contribution is -0.0113. The monoisotopic (exact) mass is 873 g/mol. The van der Waals surface area contributed by atoms with E-state index in [9.17, 15) is 0 Å². The van der Waals surface area contributed by atoms with Crippen LogP contribution in [0.5, 0.6) is 0 Å². The Morgan fingerprint density at radius 2 is 0.691 bits per heavy atom. The van der Waals surface area contributed by atoms with E-state index in [0.29, 0.717) is 13.2 Å². The van der Waals surface area contributed by atoms with Crippen molar-refractivity contribution in [3.8, 4) is 0 Å². The summed E-state index contributed by atoms with van der Waals surface area (Å²) in [6.07, 6.45) is 33.2. The van der Waals surface area contributed by atoms with E-state index >= 15 is 0 Å². The van der Waals surface area contributed by atoms with Crippen molar-refractivity contribution < 1.29 is 18.9 Å². The van der Waals surface area contributed by atoms with Crippen molar-refractivity contribution in [1.29, 1.82) is 0 Å². The SMILES string of the molecule is CCCCCCCCCCCCCCOCC(CNCCNCCNCCNCC(COC)OCCCCCCCCCCCCCC)OCC.Cl.Cl.Cl.Cl. The molecule has 0 aliphatic heterocycles. The number of halogens is 4. The summed E-state index contributed by atoms with van der Waals surface area (Å²) in [6, 6.07) is 0. The normalized spacial score (nSPS) is 12.0. The quantitative estimate of drug-likeness (QED) is 0.0450. The van der Waals surface area contributed by atoms with Gasteiger partial charge in [0.15, 0.2) is 0 Å². The van der Waals surface area contributed by atoms with Gasteiger partial charge in [-0.25, -0.2) is 0 Å². The largest absolute Gasteiger partial charge is 0.382 e. The third kappa shape index (κ3) is 54.8. The highest BCUT2D eigenvalue weighted by Gasteiger charge is 2.09. The van der Waals surface area contributed by atoms with Gasteiger partial charge in [0.05, 0.1) is 25.4 Å². The number of ether oxygens (including phenoxy) is 4. The highest BCUT2D eigenvalue weighted by Crippen LogP contribution is 2.13.